The molecule has 0 aliphatic heterocycles. The number of aliphatic carboxylic acids is 1. The van der Waals surface area contributed by atoms with Crippen LogP contribution in [0.25, 0.3) is 0 Å². The maximum Gasteiger partial charge on any atom is 0.303 e. The monoisotopic (exact) mass is 481 g/mol. The predicted molar refractivity (Wildman–Crippen MR) is 136 cm³/mol. The number of carbonyl (C=O) groups is 1. The Labute approximate surface area is 205 Å². The van der Waals surface area contributed by atoms with E-state index in [1.807, 2.05) is 6.07 Å². The van der Waals surface area contributed by atoms with Crippen molar-refractivity contribution in [2.75, 3.05) is 52.2 Å². The molecular formula is C25H47N5O4. The first-order chi connectivity index (χ1) is 16.5. The molecule has 34 heavy (non-hydrogen) atoms. The summed E-state index contributed by atoms with van der Waals surface area (Å²) in [4.78, 5) is 21.6. The van der Waals surface area contributed by atoms with E-state index in [-0.39, 0.29) is 12.4 Å². The number of nitrogen functional groups attached to an aromatic ring is 1. The summed E-state index contributed by atoms with van der Waals surface area (Å²) in [6.45, 7) is 4.57. The van der Waals surface area contributed by atoms with Gasteiger partial charge in [0.1, 0.15) is 0 Å². The van der Waals surface area contributed by atoms with Gasteiger partial charge in [-0.25, -0.2) is 4.98 Å². The minimum atomic E-state index is -0.750. The maximum absolute atomic E-state index is 10.8. The van der Waals surface area contributed by atoms with Crippen molar-refractivity contribution in [2.45, 2.75) is 83.5 Å². The summed E-state index contributed by atoms with van der Waals surface area (Å²) >= 11 is 0. The van der Waals surface area contributed by atoms with Crippen molar-refractivity contribution < 1.29 is 19.4 Å². The van der Waals surface area contributed by atoms with Crippen LogP contribution in [0.1, 0.15) is 82.7 Å². The number of methoxy groups -OCH3 is 1. The van der Waals surface area contributed by atoms with E-state index in [0.29, 0.717) is 25.5 Å². The summed E-state index contributed by atoms with van der Waals surface area (Å²) in [7, 11) is 1.68. The van der Waals surface area contributed by atoms with E-state index in [0.717, 1.165) is 70.4 Å². The van der Waals surface area contributed by atoms with Gasteiger partial charge in [0, 0.05) is 31.8 Å². The molecule has 196 valence electrons. The van der Waals surface area contributed by atoms with Gasteiger partial charge < -0.3 is 30.9 Å². The summed E-state index contributed by atoms with van der Waals surface area (Å²) < 4.78 is 11.0. The standard InChI is InChI=1S/C25H47N5O4/c1-33-20-18-30(17-12-14-24(31)32)16-10-8-13-22-21-23(29-25(27)28-22)34-19-11-7-5-3-2-4-6-9-15-26/h21H,2-20,26H2,1H3,(H,31,32)(H2,27,28,29). The zero-order chi connectivity index (χ0) is 24.9. The Morgan fingerprint density at radius 2 is 1.59 bits per heavy atom. The Morgan fingerprint density at radius 3 is 2.26 bits per heavy atom. The highest BCUT2D eigenvalue weighted by Crippen LogP contribution is 2.15. The number of aryl methyl sites for hydroxylation is 1. The average Bonchev–Trinajstić information content (AvgIpc) is 2.80. The number of ether oxygens (including phenoxy) is 2. The second kappa shape index (κ2) is 20.4. The molecule has 1 heterocycles. The van der Waals surface area contributed by atoms with E-state index in [9.17, 15) is 4.79 Å². The van der Waals surface area contributed by atoms with Crippen molar-refractivity contribution in [2.24, 2.45) is 5.73 Å². The van der Waals surface area contributed by atoms with E-state index >= 15 is 0 Å². The minimum absolute atomic E-state index is 0.196. The van der Waals surface area contributed by atoms with Crippen LogP contribution in [-0.4, -0.2) is 72.4 Å². The van der Waals surface area contributed by atoms with E-state index in [1.54, 1.807) is 7.11 Å². The van der Waals surface area contributed by atoms with E-state index in [2.05, 4.69) is 14.9 Å². The third-order valence-corrected chi connectivity index (χ3v) is 5.76. The molecule has 0 amide bonds. The highest BCUT2D eigenvalue weighted by molar-refractivity contribution is 5.66. The molecule has 0 saturated carbocycles. The molecule has 0 unspecified atom stereocenters. The normalized spacial score (nSPS) is 11.3. The number of nitrogens with zero attached hydrogens (tertiary/aromatic N) is 3. The first kappa shape index (κ1) is 30.1. The van der Waals surface area contributed by atoms with E-state index < -0.39 is 5.97 Å². The lowest BCUT2D eigenvalue weighted by Gasteiger charge is -2.21. The van der Waals surface area contributed by atoms with E-state index in [1.165, 1.54) is 32.1 Å². The van der Waals surface area contributed by atoms with Gasteiger partial charge in [-0.15, -0.1) is 0 Å². The molecule has 9 heteroatoms. The van der Waals surface area contributed by atoms with Crippen LogP contribution in [0.3, 0.4) is 0 Å². The molecule has 0 spiro atoms. The molecule has 9 nitrogen and oxygen atoms in total. The Hall–Kier alpha value is -1.97. The fraction of sp³-hybridized carbons (Fsp3) is 0.800. The molecule has 0 aliphatic rings. The molecule has 0 atom stereocenters. The Morgan fingerprint density at radius 1 is 0.912 bits per heavy atom. The van der Waals surface area contributed by atoms with Gasteiger partial charge in [-0.1, -0.05) is 38.5 Å². The van der Waals surface area contributed by atoms with Gasteiger partial charge in [0.25, 0.3) is 0 Å². The minimum Gasteiger partial charge on any atom is -0.481 e. The van der Waals surface area contributed by atoms with Crippen molar-refractivity contribution >= 4 is 11.9 Å². The fourth-order valence-corrected chi connectivity index (χ4v) is 3.83. The third-order valence-electron chi connectivity index (χ3n) is 5.76. The molecule has 0 saturated heterocycles. The first-order valence-electron chi connectivity index (χ1n) is 12.9. The number of rotatable bonds is 23. The number of hydrogen-bond acceptors (Lipinski definition) is 8. The van der Waals surface area contributed by atoms with Crippen molar-refractivity contribution in [1.29, 1.82) is 0 Å². The van der Waals surface area contributed by atoms with Crippen molar-refractivity contribution in [1.82, 2.24) is 14.9 Å². The SMILES string of the molecule is COCCN(CCCCc1cc(OCCCCCCCCCCN)nc(N)n1)CCCC(=O)O. The summed E-state index contributed by atoms with van der Waals surface area (Å²) in [6, 6.07) is 1.89. The van der Waals surface area contributed by atoms with Crippen LogP contribution in [-0.2, 0) is 16.0 Å². The topological polar surface area (TPSA) is 137 Å². The highest BCUT2D eigenvalue weighted by atomic mass is 16.5. The lowest BCUT2D eigenvalue weighted by Crippen LogP contribution is -2.30. The van der Waals surface area contributed by atoms with Crippen LogP contribution in [0.15, 0.2) is 6.07 Å². The van der Waals surface area contributed by atoms with Crippen molar-refractivity contribution in [3.05, 3.63) is 11.8 Å². The Balaban J connectivity index is 2.25. The molecule has 1 rings (SSSR count). The number of hydrogen-bond donors (Lipinski definition) is 3. The molecule has 0 aliphatic carbocycles. The number of aromatic nitrogens is 2. The Kier molecular flexibility index (Phi) is 18.0. The summed E-state index contributed by atoms with van der Waals surface area (Å²) in [5, 5.41) is 8.84. The first-order valence-corrected chi connectivity index (χ1v) is 12.9. The van der Waals surface area contributed by atoms with E-state index in [4.69, 9.17) is 26.0 Å². The average molecular weight is 482 g/mol. The van der Waals surface area contributed by atoms with Gasteiger partial charge >= 0.3 is 5.97 Å². The van der Waals surface area contributed by atoms with Crippen LogP contribution in [0.4, 0.5) is 5.95 Å². The second-order valence-electron chi connectivity index (χ2n) is 8.81. The molecule has 1 aromatic rings. The lowest BCUT2D eigenvalue weighted by molar-refractivity contribution is -0.137. The quantitative estimate of drug-likeness (QED) is 0.200. The molecule has 5 N–H and O–H groups in total. The lowest BCUT2D eigenvalue weighted by atomic mass is 10.1. The van der Waals surface area contributed by atoms with Gasteiger partial charge in [0.2, 0.25) is 11.8 Å². The molecule has 0 radical (unpaired) electrons. The largest absolute Gasteiger partial charge is 0.481 e. The summed E-state index contributed by atoms with van der Waals surface area (Å²) in [6.07, 6.45) is 13.3. The Bertz CT molecular complexity index is 648. The van der Waals surface area contributed by atoms with Crippen molar-refractivity contribution in [3.63, 3.8) is 0 Å². The van der Waals surface area contributed by atoms with Gasteiger partial charge in [0.15, 0.2) is 0 Å². The molecule has 1 aromatic heterocycles. The number of carboxylic acid groups (broad SMARTS) is 1. The molecule has 0 aromatic carbocycles. The highest BCUT2D eigenvalue weighted by Gasteiger charge is 2.08. The summed E-state index contributed by atoms with van der Waals surface area (Å²) in [5.41, 5.74) is 12.3. The zero-order valence-electron chi connectivity index (χ0n) is 21.2. The van der Waals surface area contributed by atoms with Crippen molar-refractivity contribution in [3.8, 4) is 5.88 Å². The van der Waals surface area contributed by atoms with Crippen LogP contribution in [0.5, 0.6) is 5.88 Å². The smallest absolute Gasteiger partial charge is 0.303 e. The molecule has 0 bridgehead atoms. The van der Waals surface area contributed by atoms with Gasteiger partial charge in [0.05, 0.1) is 13.2 Å². The summed E-state index contributed by atoms with van der Waals surface area (Å²) in [5.74, 6) is 0.0557. The maximum atomic E-state index is 10.8. The van der Waals surface area contributed by atoms with Crippen LogP contribution in [0.2, 0.25) is 0 Å². The van der Waals surface area contributed by atoms with Gasteiger partial charge in [-0.2, -0.15) is 4.98 Å². The fourth-order valence-electron chi connectivity index (χ4n) is 3.83. The number of nitrogens with two attached hydrogens (primary N) is 2. The number of anilines is 1. The van der Waals surface area contributed by atoms with Gasteiger partial charge in [-0.05, 0) is 58.2 Å². The van der Waals surface area contributed by atoms with Crippen LogP contribution >= 0.6 is 0 Å². The van der Waals surface area contributed by atoms with Crippen LogP contribution in [0, 0.1) is 0 Å². The van der Waals surface area contributed by atoms with Gasteiger partial charge in [-0.3, -0.25) is 4.79 Å². The predicted octanol–water partition coefficient (Wildman–Crippen LogP) is 3.65. The second-order valence-corrected chi connectivity index (χ2v) is 8.81. The molecule has 0 fully saturated rings. The zero-order valence-corrected chi connectivity index (χ0v) is 21.2. The molecular weight excluding hydrogens is 434 g/mol. The number of carboxylic acids is 1. The third kappa shape index (κ3) is 16.6. The number of unbranched alkanes of at least 4 members (excludes halogenated alkanes) is 8. The van der Waals surface area contributed by atoms with Crippen LogP contribution < -0.4 is 16.2 Å².